The maximum Gasteiger partial charge on any atom is 0.297 e. The van der Waals surface area contributed by atoms with Gasteiger partial charge in [0, 0.05) is 20.9 Å². The number of carbonyl (C=O) groups is 1. The Kier molecular flexibility index (Phi) is 5.98. The predicted octanol–water partition coefficient (Wildman–Crippen LogP) is 5.28. The molecule has 1 amide bonds. The van der Waals surface area contributed by atoms with Gasteiger partial charge in [-0.2, -0.15) is 8.42 Å². The van der Waals surface area contributed by atoms with E-state index in [9.17, 15) is 18.3 Å². The van der Waals surface area contributed by atoms with Crippen LogP contribution in [0, 0.1) is 6.92 Å². The number of carbonyl (C=O) groups excluding carboxylic acids is 1. The SMILES string of the molecule is Cc1ccc(O)cc1S(=O)(=O)OCCC(=O)N1c2ccccc2Sc2ccc(Cl)cc21. The monoisotopic (exact) mass is 475 g/mol. The minimum atomic E-state index is -4.12. The smallest absolute Gasteiger partial charge is 0.297 e. The maximum absolute atomic E-state index is 13.1. The van der Waals surface area contributed by atoms with Gasteiger partial charge in [0.15, 0.2) is 0 Å². The van der Waals surface area contributed by atoms with Crippen molar-refractivity contribution in [2.24, 2.45) is 0 Å². The standard InChI is InChI=1S/C22H18ClNO5S2/c1-14-6-8-16(25)13-21(14)31(27,28)29-11-10-22(26)24-17-4-2-3-5-19(17)30-20-9-7-15(23)12-18(20)24/h2-9,12-13,25H,10-11H2,1H3. The van der Waals surface area contributed by atoms with Crippen LogP contribution in [0.2, 0.25) is 5.02 Å². The molecule has 1 aliphatic rings. The molecule has 0 saturated heterocycles. The molecule has 160 valence electrons. The van der Waals surface area contributed by atoms with Crippen molar-refractivity contribution in [3.05, 3.63) is 71.2 Å². The Labute approximate surface area is 189 Å². The second-order valence-electron chi connectivity index (χ2n) is 6.89. The van der Waals surface area contributed by atoms with E-state index in [1.807, 2.05) is 30.3 Å². The normalized spacial score (nSPS) is 12.9. The lowest BCUT2D eigenvalue weighted by molar-refractivity contribution is -0.118. The van der Waals surface area contributed by atoms with Crippen LogP contribution in [0.3, 0.4) is 0 Å². The molecule has 0 saturated carbocycles. The quantitative estimate of drug-likeness (QED) is 0.505. The van der Waals surface area contributed by atoms with E-state index in [0.29, 0.717) is 22.0 Å². The Morgan fingerprint density at radius 2 is 1.81 bits per heavy atom. The first-order chi connectivity index (χ1) is 14.8. The van der Waals surface area contributed by atoms with Gasteiger partial charge < -0.3 is 5.11 Å². The summed E-state index contributed by atoms with van der Waals surface area (Å²) in [6, 6.07) is 16.8. The lowest BCUT2D eigenvalue weighted by Gasteiger charge is -2.31. The van der Waals surface area contributed by atoms with Crippen molar-refractivity contribution in [1.82, 2.24) is 0 Å². The van der Waals surface area contributed by atoms with E-state index in [2.05, 4.69) is 0 Å². The Hall–Kier alpha value is -2.52. The van der Waals surface area contributed by atoms with Crippen LogP contribution in [-0.2, 0) is 19.1 Å². The van der Waals surface area contributed by atoms with E-state index < -0.39 is 10.1 Å². The molecule has 1 N–H and O–H groups in total. The van der Waals surface area contributed by atoms with Crippen LogP contribution < -0.4 is 4.90 Å². The third-order valence-corrected chi connectivity index (χ3v) is 7.55. The van der Waals surface area contributed by atoms with E-state index in [4.69, 9.17) is 15.8 Å². The lowest BCUT2D eigenvalue weighted by atomic mass is 10.2. The Balaban J connectivity index is 1.56. The van der Waals surface area contributed by atoms with Crippen molar-refractivity contribution < 1.29 is 22.5 Å². The van der Waals surface area contributed by atoms with Crippen molar-refractivity contribution in [3.8, 4) is 5.75 Å². The van der Waals surface area contributed by atoms with Crippen molar-refractivity contribution in [2.45, 2.75) is 28.0 Å². The number of benzene rings is 3. The molecule has 6 nitrogen and oxygen atoms in total. The molecule has 1 aliphatic heterocycles. The summed E-state index contributed by atoms with van der Waals surface area (Å²) >= 11 is 7.70. The summed E-state index contributed by atoms with van der Waals surface area (Å²) < 4.78 is 30.1. The summed E-state index contributed by atoms with van der Waals surface area (Å²) in [6.45, 7) is 1.27. The Morgan fingerprint density at radius 1 is 1.06 bits per heavy atom. The average molecular weight is 476 g/mol. The summed E-state index contributed by atoms with van der Waals surface area (Å²) in [5.74, 6) is -0.501. The number of anilines is 2. The number of nitrogens with zero attached hydrogens (tertiary/aromatic N) is 1. The molecule has 3 aromatic rings. The van der Waals surface area contributed by atoms with Crippen molar-refractivity contribution in [1.29, 1.82) is 0 Å². The minimum Gasteiger partial charge on any atom is -0.508 e. The van der Waals surface area contributed by atoms with E-state index in [-0.39, 0.29) is 29.6 Å². The number of para-hydroxylation sites is 1. The molecule has 3 aromatic carbocycles. The second kappa shape index (κ2) is 8.55. The van der Waals surface area contributed by atoms with Crippen LogP contribution in [0.1, 0.15) is 12.0 Å². The van der Waals surface area contributed by atoms with Gasteiger partial charge in [0.2, 0.25) is 5.91 Å². The van der Waals surface area contributed by atoms with Crippen LogP contribution in [0.15, 0.2) is 75.4 Å². The zero-order valence-corrected chi connectivity index (χ0v) is 18.8. The molecular weight excluding hydrogens is 458 g/mol. The summed E-state index contributed by atoms with van der Waals surface area (Å²) in [4.78, 5) is 16.3. The van der Waals surface area contributed by atoms with Gasteiger partial charge in [0.25, 0.3) is 10.1 Å². The molecule has 0 aromatic heterocycles. The number of aromatic hydroxyl groups is 1. The first-order valence-electron chi connectivity index (χ1n) is 9.35. The van der Waals surface area contributed by atoms with Gasteiger partial charge in [-0.25, -0.2) is 0 Å². The first kappa shape index (κ1) is 21.7. The Bertz CT molecular complexity index is 1280. The molecule has 0 spiro atoms. The summed E-state index contributed by atoms with van der Waals surface area (Å²) in [6.07, 6.45) is -0.165. The number of rotatable bonds is 5. The number of halogens is 1. The average Bonchev–Trinajstić information content (AvgIpc) is 2.73. The summed E-state index contributed by atoms with van der Waals surface area (Å²) in [5, 5.41) is 10.1. The van der Waals surface area contributed by atoms with Gasteiger partial charge >= 0.3 is 0 Å². The molecule has 0 atom stereocenters. The number of hydrogen-bond acceptors (Lipinski definition) is 6. The number of phenolic OH excluding ortho intramolecular Hbond substituents is 1. The Morgan fingerprint density at radius 3 is 2.61 bits per heavy atom. The first-order valence-corrected chi connectivity index (χ1v) is 11.9. The van der Waals surface area contributed by atoms with E-state index >= 15 is 0 Å². The highest BCUT2D eigenvalue weighted by atomic mass is 35.5. The second-order valence-corrected chi connectivity index (χ2v) is 9.99. The fourth-order valence-corrected chi connectivity index (χ4v) is 5.63. The fourth-order valence-electron chi connectivity index (χ4n) is 3.27. The van der Waals surface area contributed by atoms with Gasteiger partial charge in [0.1, 0.15) is 10.6 Å². The number of hydrogen-bond donors (Lipinski definition) is 1. The number of aryl methyl sites for hydroxylation is 1. The van der Waals surface area contributed by atoms with Crippen LogP contribution in [-0.4, -0.2) is 26.0 Å². The van der Waals surface area contributed by atoms with Gasteiger partial charge in [0.05, 0.1) is 24.4 Å². The molecule has 0 aliphatic carbocycles. The van der Waals surface area contributed by atoms with Gasteiger partial charge in [-0.05, 0) is 48.9 Å². The molecule has 9 heteroatoms. The zero-order chi connectivity index (χ0) is 22.2. The number of fused-ring (bicyclic) bond motifs is 2. The zero-order valence-electron chi connectivity index (χ0n) is 16.4. The number of phenols is 1. The van der Waals surface area contributed by atoms with Crippen molar-refractivity contribution >= 4 is 50.8 Å². The van der Waals surface area contributed by atoms with Crippen molar-refractivity contribution in [2.75, 3.05) is 11.5 Å². The van der Waals surface area contributed by atoms with Gasteiger partial charge in [-0.3, -0.25) is 13.9 Å². The third kappa shape index (κ3) is 4.43. The van der Waals surface area contributed by atoms with E-state index in [1.54, 1.807) is 24.0 Å². The van der Waals surface area contributed by atoms with E-state index in [1.165, 1.54) is 23.9 Å². The largest absolute Gasteiger partial charge is 0.508 e. The van der Waals surface area contributed by atoms with Crippen LogP contribution in [0.25, 0.3) is 0 Å². The molecule has 0 fully saturated rings. The maximum atomic E-state index is 13.1. The van der Waals surface area contributed by atoms with Gasteiger partial charge in [-0.1, -0.05) is 41.6 Å². The lowest BCUT2D eigenvalue weighted by Crippen LogP contribution is -2.29. The van der Waals surface area contributed by atoms with E-state index in [0.717, 1.165) is 15.9 Å². The highest BCUT2D eigenvalue weighted by molar-refractivity contribution is 7.99. The molecule has 1 heterocycles. The topological polar surface area (TPSA) is 83.9 Å². The third-order valence-electron chi connectivity index (χ3n) is 4.73. The van der Waals surface area contributed by atoms with Crippen LogP contribution >= 0.6 is 23.4 Å². The molecule has 0 bridgehead atoms. The van der Waals surface area contributed by atoms with Crippen LogP contribution in [0.4, 0.5) is 11.4 Å². The number of amides is 1. The molecular formula is C22H18ClNO5S2. The van der Waals surface area contributed by atoms with Gasteiger partial charge in [-0.15, -0.1) is 0 Å². The summed E-state index contributed by atoms with van der Waals surface area (Å²) in [7, 11) is -4.12. The molecule has 4 rings (SSSR count). The summed E-state index contributed by atoms with van der Waals surface area (Å²) in [5.41, 5.74) is 1.79. The minimum absolute atomic E-state index is 0.128. The fraction of sp³-hybridized carbons (Fsp3) is 0.136. The molecule has 0 radical (unpaired) electrons. The van der Waals surface area contributed by atoms with Crippen LogP contribution in [0.5, 0.6) is 5.75 Å². The van der Waals surface area contributed by atoms with Crippen molar-refractivity contribution in [3.63, 3.8) is 0 Å². The highest BCUT2D eigenvalue weighted by Crippen LogP contribution is 2.48. The predicted molar refractivity (Wildman–Crippen MR) is 120 cm³/mol. The molecule has 31 heavy (non-hydrogen) atoms. The highest BCUT2D eigenvalue weighted by Gasteiger charge is 2.29. The molecule has 0 unspecified atom stereocenters.